The average molecular weight is 285 g/mol. The summed E-state index contributed by atoms with van der Waals surface area (Å²) in [5.74, 6) is 1.14. The Morgan fingerprint density at radius 3 is 2.52 bits per heavy atom. The zero-order valence-corrected chi connectivity index (χ0v) is 12.9. The van der Waals surface area contributed by atoms with Crippen molar-refractivity contribution in [3.63, 3.8) is 0 Å². The molecule has 1 heterocycles. The summed E-state index contributed by atoms with van der Waals surface area (Å²) in [6, 6.07) is 8.09. The molecule has 1 amide bonds. The molecule has 3 rings (SSSR count). The van der Waals surface area contributed by atoms with Gasteiger partial charge in [0.15, 0.2) is 0 Å². The molecule has 1 aromatic carbocycles. The van der Waals surface area contributed by atoms with Crippen LogP contribution in [0.2, 0.25) is 0 Å². The average Bonchev–Trinajstić information content (AvgIpc) is 2.78. The fourth-order valence-corrected chi connectivity index (χ4v) is 3.19. The van der Waals surface area contributed by atoms with Gasteiger partial charge in [-0.2, -0.15) is 0 Å². The number of nitrogens with zero attached hydrogens (tertiary/aromatic N) is 1. The van der Waals surface area contributed by atoms with Crippen LogP contribution in [0, 0.1) is 0 Å². The van der Waals surface area contributed by atoms with Crippen molar-refractivity contribution in [2.45, 2.75) is 52.2 Å². The predicted octanol–water partition coefficient (Wildman–Crippen LogP) is 3.69. The first kappa shape index (κ1) is 14.2. The number of carbonyl (C=O) groups excluding carboxylic acids is 1. The van der Waals surface area contributed by atoms with E-state index in [0.717, 1.165) is 30.7 Å². The zero-order valence-electron chi connectivity index (χ0n) is 12.9. The number of rotatable bonds is 4. The second-order valence-corrected chi connectivity index (χ2v) is 6.26. The highest BCUT2D eigenvalue weighted by atomic mass is 16.5. The van der Waals surface area contributed by atoms with Gasteiger partial charge in [-0.25, -0.2) is 0 Å². The van der Waals surface area contributed by atoms with Gasteiger partial charge in [0.05, 0.1) is 6.10 Å². The van der Waals surface area contributed by atoms with E-state index in [1.165, 1.54) is 24.0 Å². The van der Waals surface area contributed by atoms with E-state index in [-0.39, 0.29) is 12.0 Å². The van der Waals surface area contributed by atoms with Crippen molar-refractivity contribution >= 4 is 5.91 Å². The first-order chi connectivity index (χ1) is 10.1. The third kappa shape index (κ3) is 3.12. The normalized spacial score (nSPS) is 18.4. The van der Waals surface area contributed by atoms with Crippen molar-refractivity contribution in [3.8, 4) is 5.75 Å². The first-order valence-corrected chi connectivity index (χ1v) is 7.89. The van der Waals surface area contributed by atoms with Gasteiger partial charge in [-0.3, -0.25) is 4.79 Å². The molecule has 0 spiro atoms. The summed E-state index contributed by atoms with van der Waals surface area (Å²) in [5, 5.41) is 0. The maximum Gasteiger partial charge on any atom is 0.250 e. The van der Waals surface area contributed by atoms with Crippen molar-refractivity contribution in [2.24, 2.45) is 0 Å². The Morgan fingerprint density at radius 1 is 1.14 bits per heavy atom. The monoisotopic (exact) mass is 285 g/mol. The number of benzene rings is 1. The van der Waals surface area contributed by atoms with Crippen LogP contribution in [0.25, 0.3) is 0 Å². The molecular formula is C18H23NO2. The quantitative estimate of drug-likeness (QED) is 0.844. The Morgan fingerprint density at radius 2 is 1.86 bits per heavy atom. The minimum Gasteiger partial charge on any atom is -0.491 e. The van der Waals surface area contributed by atoms with Crippen molar-refractivity contribution in [3.05, 3.63) is 41.0 Å². The molecule has 0 atom stereocenters. The Balaban J connectivity index is 1.64. The molecule has 3 nitrogen and oxygen atoms in total. The molecule has 2 aliphatic rings. The highest BCUT2D eigenvalue weighted by Crippen LogP contribution is 2.32. The van der Waals surface area contributed by atoms with Crippen LogP contribution in [0.15, 0.2) is 35.4 Å². The number of ether oxygens (including phenoxy) is 1. The van der Waals surface area contributed by atoms with E-state index in [1.807, 2.05) is 30.9 Å². The lowest BCUT2D eigenvalue weighted by Gasteiger charge is -2.17. The Bertz CT molecular complexity index is 557. The first-order valence-electron chi connectivity index (χ1n) is 7.89. The standard InChI is InChI=1S/C18H23NO2/c1-13(2)21-16-9-7-14(8-10-16)11-19-12-15-5-3-4-6-17(15)18(19)20/h7-10,13H,3-6,11-12H2,1-2H3. The second-order valence-electron chi connectivity index (χ2n) is 6.26. The van der Waals surface area contributed by atoms with Gasteiger partial charge in [0.1, 0.15) is 5.75 Å². The predicted molar refractivity (Wildman–Crippen MR) is 83.1 cm³/mol. The van der Waals surface area contributed by atoms with E-state index < -0.39 is 0 Å². The van der Waals surface area contributed by atoms with Gasteiger partial charge in [-0.15, -0.1) is 0 Å². The molecule has 0 N–H and O–H groups in total. The Labute approximate surface area is 126 Å². The zero-order chi connectivity index (χ0) is 14.8. The smallest absolute Gasteiger partial charge is 0.250 e. The van der Waals surface area contributed by atoms with Gasteiger partial charge in [0.2, 0.25) is 5.91 Å². The fourth-order valence-electron chi connectivity index (χ4n) is 3.19. The summed E-state index contributed by atoms with van der Waals surface area (Å²) in [6.07, 6.45) is 4.68. The lowest BCUT2D eigenvalue weighted by Crippen LogP contribution is -2.26. The van der Waals surface area contributed by atoms with Crippen LogP contribution in [0.5, 0.6) is 5.75 Å². The minimum absolute atomic E-state index is 0.187. The molecule has 0 fully saturated rings. The Hall–Kier alpha value is -1.77. The van der Waals surface area contributed by atoms with Crippen LogP contribution in [0.1, 0.15) is 45.1 Å². The number of carbonyl (C=O) groups is 1. The topological polar surface area (TPSA) is 29.5 Å². The summed E-state index contributed by atoms with van der Waals surface area (Å²) in [7, 11) is 0. The molecule has 1 aliphatic carbocycles. The number of amides is 1. The molecule has 0 saturated heterocycles. The molecule has 0 aromatic heterocycles. The largest absolute Gasteiger partial charge is 0.491 e. The molecule has 0 radical (unpaired) electrons. The summed E-state index contributed by atoms with van der Waals surface area (Å²) in [5.41, 5.74) is 3.64. The van der Waals surface area contributed by atoms with Crippen LogP contribution in [0.4, 0.5) is 0 Å². The Kier molecular flexibility index (Phi) is 4.00. The molecular weight excluding hydrogens is 262 g/mol. The van der Waals surface area contributed by atoms with E-state index in [1.54, 1.807) is 0 Å². The molecule has 0 unspecified atom stereocenters. The van der Waals surface area contributed by atoms with Gasteiger partial charge >= 0.3 is 0 Å². The molecule has 112 valence electrons. The molecule has 0 saturated carbocycles. The van der Waals surface area contributed by atoms with Crippen LogP contribution in [-0.4, -0.2) is 23.5 Å². The highest BCUT2D eigenvalue weighted by Gasteiger charge is 2.31. The van der Waals surface area contributed by atoms with E-state index >= 15 is 0 Å². The number of hydrogen-bond donors (Lipinski definition) is 0. The third-order valence-corrected chi connectivity index (χ3v) is 4.18. The maximum absolute atomic E-state index is 12.4. The van der Waals surface area contributed by atoms with E-state index in [9.17, 15) is 4.79 Å². The van der Waals surface area contributed by atoms with E-state index in [0.29, 0.717) is 6.54 Å². The van der Waals surface area contributed by atoms with Crippen LogP contribution in [-0.2, 0) is 11.3 Å². The van der Waals surface area contributed by atoms with Crippen molar-refractivity contribution in [1.82, 2.24) is 4.90 Å². The van der Waals surface area contributed by atoms with Gasteiger partial charge in [-0.1, -0.05) is 12.1 Å². The summed E-state index contributed by atoms with van der Waals surface area (Å²) in [6.45, 7) is 5.58. The van der Waals surface area contributed by atoms with Gasteiger partial charge in [0, 0.05) is 18.7 Å². The van der Waals surface area contributed by atoms with E-state index in [2.05, 4.69) is 12.1 Å². The fraction of sp³-hybridized carbons (Fsp3) is 0.500. The molecule has 1 aliphatic heterocycles. The number of hydrogen-bond acceptors (Lipinski definition) is 2. The van der Waals surface area contributed by atoms with Crippen molar-refractivity contribution in [1.29, 1.82) is 0 Å². The molecule has 3 heteroatoms. The van der Waals surface area contributed by atoms with Crippen molar-refractivity contribution < 1.29 is 9.53 Å². The molecule has 1 aromatic rings. The van der Waals surface area contributed by atoms with E-state index in [4.69, 9.17) is 4.74 Å². The van der Waals surface area contributed by atoms with Crippen LogP contribution < -0.4 is 4.74 Å². The summed E-state index contributed by atoms with van der Waals surface area (Å²) in [4.78, 5) is 14.4. The lowest BCUT2D eigenvalue weighted by molar-refractivity contribution is -0.126. The van der Waals surface area contributed by atoms with Crippen LogP contribution >= 0.6 is 0 Å². The highest BCUT2D eigenvalue weighted by molar-refractivity contribution is 5.97. The minimum atomic E-state index is 0.187. The molecule has 0 bridgehead atoms. The summed E-state index contributed by atoms with van der Waals surface area (Å²) >= 11 is 0. The van der Waals surface area contributed by atoms with Crippen molar-refractivity contribution in [2.75, 3.05) is 6.54 Å². The lowest BCUT2D eigenvalue weighted by atomic mass is 9.94. The van der Waals surface area contributed by atoms with Gasteiger partial charge in [0.25, 0.3) is 0 Å². The molecule has 21 heavy (non-hydrogen) atoms. The maximum atomic E-state index is 12.4. The summed E-state index contributed by atoms with van der Waals surface area (Å²) < 4.78 is 5.65. The van der Waals surface area contributed by atoms with Gasteiger partial charge < -0.3 is 9.64 Å². The second kappa shape index (κ2) is 5.92. The SMILES string of the molecule is CC(C)Oc1ccc(CN2CC3=C(CCCC3)C2=O)cc1. The third-order valence-electron chi connectivity index (χ3n) is 4.18. The van der Waals surface area contributed by atoms with Gasteiger partial charge in [-0.05, 0) is 62.8 Å². The van der Waals surface area contributed by atoms with Crippen LogP contribution in [0.3, 0.4) is 0 Å².